The highest BCUT2D eigenvalue weighted by Gasteiger charge is 2.13. The smallest absolute Gasteiger partial charge is 0.258 e. The van der Waals surface area contributed by atoms with E-state index in [0.29, 0.717) is 22.9 Å². The van der Waals surface area contributed by atoms with Crippen molar-refractivity contribution in [2.45, 2.75) is 6.61 Å². The SMILES string of the molecule is COCc1c(Br)cccc1NC(=O)c1cnccc1Cl. The van der Waals surface area contributed by atoms with E-state index in [9.17, 15) is 4.79 Å². The number of hydrogen-bond donors (Lipinski definition) is 1. The summed E-state index contributed by atoms with van der Waals surface area (Å²) in [6.45, 7) is 0.387. The number of hydrogen-bond acceptors (Lipinski definition) is 3. The highest BCUT2D eigenvalue weighted by atomic mass is 79.9. The van der Waals surface area contributed by atoms with Gasteiger partial charge in [0.25, 0.3) is 5.91 Å². The molecule has 2 rings (SSSR count). The Labute approximate surface area is 130 Å². The molecule has 0 radical (unpaired) electrons. The van der Waals surface area contributed by atoms with Crippen molar-refractivity contribution in [3.63, 3.8) is 0 Å². The molecule has 0 spiro atoms. The van der Waals surface area contributed by atoms with Gasteiger partial charge < -0.3 is 10.1 Å². The van der Waals surface area contributed by atoms with E-state index in [-0.39, 0.29) is 5.91 Å². The maximum Gasteiger partial charge on any atom is 0.258 e. The molecule has 0 aliphatic rings. The van der Waals surface area contributed by atoms with E-state index in [1.807, 2.05) is 12.1 Å². The van der Waals surface area contributed by atoms with Crippen LogP contribution in [0.4, 0.5) is 5.69 Å². The van der Waals surface area contributed by atoms with Crippen molar-refractivity contribution in [1.82, 2.24) is 4.98 Å². The Balaban J connectivity index is 2.29. The Hall–Kier alpha value is -1.43. The van der Waals surface area contributed by atoms with E-state index in [2.05, 4.69) is 26.2 Å². The van der Waals surface area contributed by atoms with Crippen LogP contribution >= 0.6 is 27.5 Å². The first-order valence-corrected chi connectivity index (χ1v) is 6.97. The largest absolute Gasteiger partial charge is 0.380 e. The maximum atomic E-state index is 12.2. The van der Waals surface area contributed by atoms with Crippen LogP contribution in [0, 0.1) is 0 Å². The summed E-state index contributed by atoms with van der Waals surface area (Å²) in [6, 6.07) is 7.11. The normalized spacial score (nSPS) is 10.3. The van der Waals surface area contributed by atoms with Gasteiger partial charge in [-0.1, -0.05) is 33.6 Å². The van der Waals surface area contributed by atoms with Gasteiger partial charge in [-0.15, -0.1) is 0 Å². The van der Waals surface area contributed by atoms with E-state index in [0.717, 1.165) is 10.0 Å². The van der Waals surface area contributed by atoms with Crippen molar-refractivity contribution < 1.29 is 9.53 Å². The average Bonchev–Trinajstić information content (AvgIpc) is 2.43. The summed E-state index contributed by atoms with van der Waals surface area (Å²) in [4.78, 5) is 16.1. The number of pyridine rings is 1. The van der Waals surface area contributed by atoms with Gasteiger partial charge in [-0.05, 0) is 18.2 Å². The fraction of sp³-hybridized carbons (Fsp3) is 0.143. The van der Waals surface area contributed by atoms with Crippen molar-refractivity contribution in [3.8, 4) is 0 Å². The lowest BCUT2D eigenvalue weighted by Crippen LogP contribution is -2.14. The van der Waals surface area contributed by atoms with Crippen molar-refractivity contribution in [1.29, 1.82) is 0 Å². The lowest BCUT2D eigenvalue weighted by Gasteiger charge is -2.12. The quantitative estimate of drug-likeness (QED) is 0.905. The van der Waals surface area contributed by atoms with E-state index in [1.165, 1.54) is 12.4 Å². The number of amides is 1. The van der Waals surface area contributed by atoms with Gasteiger partial charge in [0.2, 0.25) is 0 Å². The van der Waals surface area contributed by atoms with Crippen molar-refractivity contribution in [2.75, 3.05) is 12.4 Å². The molecular weight excluding hydrogens is 344 g/mol. The number of benzene rings is 1. The van der Waals surface area contributed by atoms with Crippen LogP contribution in [0.2, 0.25) is 5.02 Å². The number of carbonyl (C=O) groups excluding carboxylic acids is 1. The number of halogens is 2. The van der Waals surface area contributed by atoms with Crippen molar-refractivity contribution >= 4 is 39.1 Å². The molecule has 0 bridgehead atoms. The number of methoxy groups -OCH3 is 1. The molecule has 6 heteroatoms. The molecule has 1 aromatic heterocycles. The number of aromatic nitrogens is 1. The second-order valence-corrected chi connectivity index (χ2v) is 5.27. The van der Waals surface area contributed by atoms with Crippen LogP contribution in [-0.2, 0) is 11.3 Å². The minimum absolute atomic E-state index is 0.307. The van der Waals surface area contributed by atoms with Crippen molar-refractivity contribution in [3.05, 3.63) is 57.3 Å². The Bertz CT molecular complexity index is 634. The molecule has 0 unspecified atom stereocenters. The molecule has 0 atom stereocenters. The van der Waals surface area contributed by atoms with Crippen LogP contribution in [-0.4, -0.2) is 18.0 Å². The fourth-order valence-corrected chi connectivity index (χ4v) is 2.37. The molecule has 1 amide bonds. The molecule has 0 saturated carbocycles. The molecule has 1 heterocycles. The highest BCUT2D eigenvalue weighted by Crippen LogP contribution is 2.26. The molecule has 0 fully saturated rings. The second-order valence-electron chi connectivity index (χ2n) is 4.01. The lowest BCUT2D eigenvalue weighted by atomic mass is 10.1. The Kier molecular flexibility index (Phi) is 5.11. The molecule has 0 saturated heterocycles. The zero-order valence-corrected chi connectivity index (χ0v) is 13.0. The third kappa shape index (κ3) is 3.36. The predicted molar refractivity (Wildman–Crippen MR) is 82.1 cm³/mol. The van der Waals surface area contributed by atoms with Crippen LogP contribution in [0.3, 0.4) is 0 Å². The zero-order chi connectivity index (χ0) is 14.5. The summed E-state index contributed by atoms with van der Waals surface area (Å²) in [5, 5.41) is 3.18. The van der Waals surface area contributed by atoms with Crippen LogP contribution in [0.15, 0.2) is 41.1 Å². The fourth-order valence-electron chi connectivity index (χ4n) is 1.70. The zero-order valence-electron chi connectivity index (χ0n) is 10.7. The van der Waals surface area contributed by atoms with Gasteiger partial charge in [-0.2, -0.15) is 0 Å². The van der Waals surface area contributed by atoms with E-state index in [4.69, 9.17) is 16.3 Å². The Morgan fingerprint density at radius 1 is 1.45 bits per heavy atom. The minimum Gasteiger partial charge on any atom is -0.380 e. The first-order chi connectivity index (χ1) is 9.63. The second kappa shape index (κ2) is 6.83. The number of nitrogens with one attached hydrogen (secondary N) is 1. The first-order valence-electron chi connectivity index (χ1n) is 5.80. The highest BCUT2D eigenvalue weighted by molar-refractivity contribution is 9.10. The van der Waals surface area contributed by atoms with Gasteiger partial charge in [0, 0.05) is 35.2 Å². The number of ether oxygens (including phenoxy) is 1. The summed E-state index contributed by atoms with van der Waals surface area (Å²) in [6.07, 6.45) is 2.97. The summed E-state index contributed by atoms with van der Waals surface area (Å²) in [5.41, 5.74) is 1.87. The molecular formula is C14H12BrClN2O2. The predicted octanol–water partition coefficient (Wildman–Crippen LogP) is 3.90. The molecule has 1 aromatic carbocycles. The monoisotopic (exact) mass is 354 g/mol. The van der Waals surface area contributed by atoms with Crippen LogP contribution in [0.1, 0.15) is 15.9 Å². The third-order valence-corrected chi connectivity index (χ3v) is 3.74. The number of nitrogens with zero attached hydrogens (tertiary/aromatic N) is 1. The summed E-state index contributed by atoms with van der Waals surface area (Å²) in [5.74, 6) is -0.307. The number of rotatable bonds is 4. The lowest BCUT2D eigenvalue weighted by molar-refractivity contribution is 0.102. The summed E-state index contributed by atoms with van der Waals surface area (Å²) < 4.78 is 6.01. The number of anilines is 1. The maximum absolute atomic E-state index is 12.2. The Morgan fingerprint density at radius 2 is 2.25 bits per heavy atom. The first kappa shape index (κ1) is 15.0. The average molecular weight is 356 g/mol. The van der Waals surface area contributed by atoms with Crippen molar-refractivity contribution in [2.24, 2.45) is 0 Å². The molecule has 0 aliphatic carbocycles. The van der Waals surface area contributed by atoms with Gasteiger partial charge in [0.1, 0.15) is 0 Å². The van der Waals surface area contributed by atoms with Gasteiger partial charge in [0.05, 0.1) is 17.2 Å². The molecule has 104 valence electrons. The summed E-state index contributed by atoms with van der Waals surface area (Å²) >= 11 is 9.42. The molecule has 4 nitrogen and oxygen atoms in total. The Morgan fingerprint density at radius 3 is 2.95 bits per heavy atom. The van der Waals surface area contributed by atoms with Gasteiger partial charge in [0.15, 0.2) is 0 Å². The topological polar surface area (TPSA) is 51.2 Å². The molecule has 2 aromatic rings. The van der Waals surface area contributed by atoms with Crippen LogP contribution in [0.5, 0.6) is 0 Å². The van der Waals surface area contributed by atoms with E-state index >= 15 is 0 Å². The number of carbonyl (C=O) groups is 1. The molecule has 20 heavy (non-hydrogen) atoms. The summed E-state index contributed by atoms with van der Waals surface area (Å²) in [7, 11) is 1.60. The van der Waals surface area contributed by atoms with Gasteiger partial charge >= 0.3 is 0 Å². The van der Waals surface area contributed by atoms with E-state index in [1.54, 1.807) is 19.2 Å². The van der Waals surface area contributed by atoms with Crippen LogP contribution < -0.4 is 5.32 Å². The van der Waals surface area contributed by atoms with Crippen LogP contribution in [0.25, 0.3) is 0 Å². The molecule has 0 aliphatic heterocycles. The minimum atomic E-state index is -0.307. The third-order valence-electron chi connectivity index (χ3n) is 2.67. The molecule has 1 N–H and O–H groups in total. The van der Waals surface area contributed by atoms with E-state index < -0.39 is 0 Å². The van der Waals surface area contributed by atoms with Gasteiger partial charge in [-0.3, -0.25) is 9.78 Å². The van der Waals surface area contributed by atoms with Gasteiger partial charge in [-0.25, -0.2) is 0 Å². The standard InChI is InChI=1S/C14H12BrClN2O2/c1-20-8-10-11(15)3-2-4-13(10)18-14(19)9-7-17-6-5-12(9)16/h2-7H,8H2,1H3,(H,18,19).